The second kappa shape index (κ2) is 9.04. The van der Waals surface area contributed by atoms with Gasteiger partial charge in [0.25, 0.3) is 0 Å². The van der Waals surface area contributed by atoms with Crippen molar-refractivity contribution in [1.82, 2.24) is 5.32 Å². The Labute approximate surface area is 157 Å². The zero-order chi connectivity index (χ0) is 20.0. The second-order valence-electron chi connectivity index (χ2n) is 7.92. The number of primary amides is 1. The minimum Gasteiger partial charge on any atom is -0.544 e. The highest BCUT2D eigenvalue weighted by molar-refractivity contribution is 6.74. The van der Waals surface area contributed by atoms with E-state index in [1.807, 2.05) is 24.3 Å². The van der Waals surface area contributed by atoms with Crippen LogP contribution in [-0.2, 0) is 4.79 Å². The maximum Gasteiger partial charge on any atom is 0.312 e. The molecule has 0 saturated heterocycles. The van der Waals surface area contributed by atoms with Crippen LogP contribution in [0, 0.1) is 0 Å². The van der Waals surface area contributed by atoms with Gasteiger partial charge in [-0.2, -0.15) is 0 Å². The van der Waals surface area contributed by atoms with Gasteiger partial charge < -0.3 is 26.5 Å². The fourth-order valence-electron chi connectivity index (χ4n) is 1.95. The molecular formula is C18H32N4O3Si. The van der Waals surface area contributed by atoms with Gasteiger partial charge in [-0.3, -0.25) is 4.79 Å². The van der Waals surface area contributed by atoms with Gasteiger partial charge >= 0.3 is 6.03 Å². The molecule has 1 aromatic rings. The van der Waals surface area contributed by atoms with Gasteiger partial charge in [-0.05, 0) is 55.2 Å². The number of anilines is 1. The van der Waals surface area contributed by atoms with Crippen molar-refractivity contribution in [2.75, 3.05) is 11.9 Å². The van der Waals surface area contributed by atoms with Crippen LogP contribution in [0.1, 0.15) is 33.6 Å². The Balaban J connectivity index is 2.53. The van der Waals surface area contributed by atoms with Crippen molar-refractivity contribution in [3.63, 3.8) is 0 Å². The van der Waals surface area contributed by atoms with E-state index in [1.165, 1.54) is 0 Å². The maximum absolute atomic E-state index is 12.1. The number of rotatable bonds is 8. The Kier molecular flexibility index (Phi) is 7.64. The molecule has 7 nitrogen and oxygen atoms in total. The molecule has 0 heterocycles. The van der Waals surface area contributed by atoms with Gasteiger partial charge in [0.2, 0.25) is 14.2 Å². The second-order valence-corrected chi connectivity index (χ2v) is 12.6. The summed E-state index contributed by atoms with van der Waals surface area (Å²) in [6.45, 7) is 11.3. The molecule has 0 radical (unpaired) electrons. The summed E-state index contributed by atoms with van der Waals surface area (Å²) in [5, 5.41) is 5.38. The van der Waals surface area contributed by atoms with Gasteiger partial charge in [0.05, 0.1) is 6.04 Å². The maximum atomic E-state index is 12.1. The van der Waals surface area contributed by atoms with Gasteiger partial charge in [-0.15, -0.1) is 0 Å². The van der Waals surface area contributed by atoms with Crippen LogP contribution in [-0.4, -0.2) is 32.8 Å². The Hall–Kier alpha value is -2.06. The highest BCUT2D eigenvalue weighted by Crippen LogP contribution is 2.37. The Morgan fingerprint density at radius 2 is 1.77 bits per heavy atom. The number of benzene rings is 1. The van der Waals surface area contributed by atoms with Gasteiger partial charge in [0.15, 0.2) is 0 Å². The molecule has 0 fully saturated rings. The predicted molar refractivity (Wildman–Crippen MR) is 108 cm³/mol. The highest BCUT2D eigenvalue weighted by Gasteiger charge is 2.38. The molecule has 1 rings (SSSR count). The van der Waals surface area contributed by atoms with Crippen molar-refractivity contribution in [3.8, 4) is 5.75 Å². The lowest BCUT2D eigenvalue weighted by Crippen LogP contribution is -2.43. The van der Waals surface area contributed by atoms with Crippen molar-refractivity contribution in [2.24, 2.45) is 11.5 Å². The molecule has 1 aromatic carbocycles. The topological polar surface area (TPSA) is 119 Å². The first-order chi connectivity index (χ1) is 11.9. The average Bonchev–Trinajstić information content (AvgIpc) is 2.51. The Bertz CT molecular complexity index is 612. The molecule has 0 aliphatic carbocycles. The predicted octanol–water partition coefficient (Wildman–Crippen LogP) is 2.78. The van der Waals surface area contributed by atoms with Crippen LogP contribution in [0.2, 0.25) is 18.1 Å². The SMILES string of the molecule is CC(C)(C)[Si](C)(C)Oc1ccc(NC(=O)[C@@H](N)CCCNC(N)=O)cc1. The molecule has 6 N–H and O–H groups in total. The lowest BCUT2D eigenvalue weighted by atomic mass is 10.1. The largest absolute Gasteiger partial charge is 0.544 e. The van der Waals surface area contributed by atoms with E-state index in [-0.39, 0.29) is 10.9 Å². The number of amides is 3. The number of nitrogens with two attached hydrogens (primary N) is 2. The first-order valence-corrected chi connectivity index (χ1v) is 11.7. The molecule has 0 aliphatic rings. The van der Waals surface area contributed by atoms with Crippen molar-refractivity contribution < 1.29 is 14.0 Å². The van der Waals surface area contributed by atoms with Crippen LogP contribution in [0.25, 0.3) is 0 Å². The Morgan fingerprint density at radius 1 is 1.19 bits per heavy atom. The van der Waals surface area contributed by atoms with E-state index in [9.17, 15) is 9.59 Å². The van der Waals surface area contributed by atoms with E-state index in [0.717, 1.165) is 5.75 Å². The van der Waals surface area contributed by atoms with Crippen molar-refractivity contribution >= 4 is 25.9 Å². The first-order valence-electron chi connectivity index (χ1n) is 8.81. The summed E-state index contributed by atoms with van der Waals surface area (Å²) in [5.74, 6) is 0.540. The molecule has 26 heavy (non-hydrogen) atoms. The van der Waals surface area contributed by atoms with E-state index in [4.69, 9.17) is 15.9 Å². The van der Waals surface area contributed by atoms with Crippen LogP contribution >= 0.6 is 0 Å². The summed E-state index contributed by atoms with van der Waals surface area (Å²) in [6.07, 6.45) is 1.04. The fourth-order valence-corrected chi connectivity index (χ4v) is 2.99. The van der Waals surface area contributed by atoms with Crippen molar-refractivity contribution in [3.05, 3.63) is 24.3 Å². The smallest absolute Gasteiger partial charge is 0.312 e. The summed E-state index contributed by atoms with van der Waals surface area (Å²) in [5.41, 5.74) is 11.5. The van der Waals surface area contributed by atoms with Crippen LogP contribution in [0.4, 0.5) is 10.5 Å². The first kappa shape index (κ1) is 22.0. The molecule has 146 valence electrons. The third kappa shape index (κ3) is 7.05. The lowest BCUT2D eigenvalue weighted by molar-refractivity contribution is -0.117. The molecule has 0 aliphatic heterocycles. The molecule has 3 amide bonds. The van der Waals surface area contributed by atoms with E-state index in [2.05, 4.69) is 44.5 Å². The van der Waals surface area contributed by atoms with Gasteiger partial charge in [-0.25, -0.2) is 4.79 Å². The number of hydrogen-bond acceptors (Lipinski definition) is 4. The van der Waals surface area contributed by atoms with Crippen LogP contribution in [0.3, 0.4) is 0 Å². The average molecular weight is 381 g/mol. The van der Waals surface area contributed by atoms with Gasteiger partial charge in [-0.1, -0.05) is 20.8 Å². The summed E-state index contributed by atoms with van der Waals surface area (Å²) in [6, 6.07) is 6.11. The minimum absolute atomic E-state index is 0.121. The number of carbonyl (C=O) groups excluding carboxylic acids is 2. The number of urea groups is 1. The number of hydrogen-bond donors (Lipinski definition) is 4. The third-order valence-electron chi connectivity index (χ3n) is 4.63. The zero-order valence-corrected chi connectivity index (χ0v) is 17.4. The molecular weight excluding hydrogens is 348 g/mol. The van der Waals surface area contributed by atoms with Crippen molar-refractivity contribution in [1.29, 1.82) is 0 Å². The molecule has 0 bridgehead atoms. The molecule has 1 atom stereocenters. The third-order valence-corrected chi connectivity index (χ3v) is 8.99. The van der Waals surface area contributed by atoms with Crippen LogP contribution in [0.5, 0.6) is 5.75 Å². The zero-order valence-electron chi connectivity index (χ0n) is 16.4. The van der Waals surface area contributed by atoms with E-state index >= 15 is 0 Å². The fraction of sp³-hybridized carbons (Fsp3) is 0.556. The molecule has 0 unspecified atom stereocenters. The lowest BCUT2D eigenvalue weighted by Gasteiger charge is -2.36. The molecule has 0 aromatic heterocycles. The van der Waals surface area contributed by atoms with E-state index < -0.39 is 20.4 Å². The monoisotopic (exact) mass is 380 g/mol. The highest BCUT2D eigenvalue weighted by atomic mass is 28.4. The summed E-state index contributed by atoms with van der Waals surface area (Å²) < 4.78 is 6.22. The summed E-state index contributed by atoms with van der Waals surface area (Å²) in [4.78, 5) is 22.7. The summed E-state index contributed by atoms with van der Waals surface area (Å²) >= 11 is 0. The molecule has 0 spiro atoms. The Morgan fingerprint density at radius 3 is 2.27 bits per heavy atom. The standard InChI is InChI=1S/C18H32N4O3Si/c1-18(2,3)26(4,5)25-14-10-8-13(9-11-14)22-16(23)15(19)7-6-12-21-17(20)24/h8-11,15H,6-7,12,19H2,1-5H3,(H,22,23)(H3,20,21,24)/t15-/m0/s1. The van der Waals surface area contributed by atoms with Gasteiger partial charge in [0.1, 0.15) is 5.75 Å². The summed E-state index contributed by atoms with van der Waals surface area (Å²) in [7, 11) is -1.89. The van der Waals surface area contributed by atoms with Gasteiger partial charge in [0, 0.05) is 12.2 Å². The van der Waals surface area contributed by atoms with Crippen LogP contribution < -0.4 is 26.5 Å². The minimum atomic E-state index is -1.89. The molecule has 8 heteroatoms. The van der Waals surface area contributed by atoms with Crippen molar-refractivity contribution in [2.45, 2.75) is 57.8 Å². The molecule has 0 saturated carbocycles. The normalized spacial score (nSPS) is 13.0. The number of nitrogens with one attached hydrogen (secondary N) is 2. The van der Waals surface area contributed by atoms with E-state index in [1.54, 1.807) is 0 Å². The van der Waals surface area contributed by atoms with E-state index in [0.29, 0.717) is 25.1 Å². The quantitative estimate of drug-likeness (QED) is 0.409. The number of carbonyl (C=O) groups is 2. The van der Waals surface area contributed by atoms with Crippen LogP contribution in [0.15, 0.2) is 24.3 Å².